The number of aromatic amines is 1. The Morgan fingerprint density at radius 1 is 1.15 bits per heavy atom. The summed E-state index contributed by atoms with van der Waals surface area (Å²) in [6, 6.07) is 11.6. The van der Waals surface area contributed by atoms with Crippen molar-refractivity contribution < 1.29 is 23.2 Å². The largest absolute Gasteiger partial charge is 0.380 e. The predicted molar refractivity (Wildman–Crippen MR) is 129 cm³/mol. The number of hydrogen-bond donors (Lipinski definition) is 2. The molecule has 0 bridgehead atoms. The van der Waals surface area contributed by atoms with E-state index < -0.39 is 31.5 Å². The number of hydrogen-bond acceptors (Lipinski definition) is 5. The average Bonchev–Trinajstić information content (AvgIpc) is 3.20. The number of methoxy groups -OCH3 is 1. The van der Waals surface area contributed by atoms with Gasteiger partial charge >= 0.3 is 0 Å². The van der Waals surface area contributed by atoms with Crippen LogP contribution in [0.1, 0.15) is 27.7 Å². The Hall–Kier alpha value is -3.50. The van der Waals surface area contributed by atoms with Crippen LogP contribution in [0.25, 0.3) is 0 Å². The second kappa shape index (κ2) is 10.2. The van der Waals surface area contributed by atoms with E-state index in [1.54, 1.807) is 43.5 Å². The van der Waals surface area contributed by atoms with Crippen molar-refractivity contribution in [2.45, 2.75) is 32.3 Å². The molecule has 0 fully saturated rings. The van der Waals surface area contributed by atoms with E-state index in [1.165, 1.54) is 18.0 Å². The van der Waals surface area contributed by atoms with E-state index in [9.17, 15) is 18.8 Å². The van der Waals surface area contributed by atoms with Crippen molar-refractivity contribution in [2.24, 2.45) is 0 Å². The van der Waals surface area contributed by atoms with E-state index in [1.807, 2.05) is 19.6 Å². The Morgan fingerprint density at radius 2 is 1.82 bits per heavy atom. The van der Waals surface area contributed by atoms with Gasteiger partial charge in [-0.25, -0.2) is 4.39 Å². The minimum atomic E-state index is -1.89. The van der Waals surface area contributed by atoms with Crippen LogP contribution in [0.15, 0.2) is 57.8 Å². The van der Waals surface area contributed by atoms with Gasteiger partial charge in [0.05, 0.1) is 20.7 Å². The van der Waals surface area contributed by atoms with Gasteiger partial charge in [0.1, 0.15) is 11.9 Å². The van der Waals surface area contributed by atoms with Crippen molar-refractivity contribution in [3.05, 3.63) is 81.6 Å². The Morgan fingerprint density at radius 3 is 2.35 bits per heavy atom. The van der Waals surface area contributed by atoms with E-state index in [0.717, 1.165) is 11.6 Å². The van der Waals surface area contributed by atoms with Gasteiger partial charge in [0.2, 0.25) is 5.76 Å². The molecule has 0 aliphatic heterocycles. The molecule has 180 valence electrons. The molecule has 1 aromatic heterocycles. The molecule has 0 saturated heterocycles. The number of likely N-dealkylation sites (N-methyl/N-ethyl adjacent to an activating group) is 1. The fourth-order valence-electron chi connectivity index (χ4n) is 3.61. The maximum Gasteiger partial charge on any atom is 0.293 e. The quantitative estimate of drug-likeness (QED) is 0.477. The van der Waals surface area contributed by atoms with Gasteiger partial charge in [-0.15, -0.1) is 0 Å². The highest BCUT2D eigenvalue weighted by atomic mass is 28.3. The zero-order valence-corrected chi connectivity index (χ0v) is 20.8. The molecule has 10 heteroatoms. The Labute approximate surface area is 197 Å². The van der Waals surface area contributed by atoms with Crippen LogP contribution in [-0.2, 0) is 16.1 Å². The van der Waals surface area contributed by atoms with E-state index in [0.29, 0.717) is 17.4 Å². The Bertz CT molecular complexity index is 1230. The zero-order chi connectivity index (χ0) is 25.0. The molecule has 1 heterocycles. The third kappa shape index (κ3) is 5.70. The molecule has 0 radical (unpaired) electrons. The predicted octanol–water partition coefficient (Wildman–Crippen LogP) is 3.25. The van der Waals surface area contributed by atoms with Crippen molar-refractivity contribution >= 4 is 30.8 Å². The van der Waals surface area contributed by atoms with Crippen LogP contribution in [0.5, 0.6) is 0 Å². The normalized spacial score (nSPS) is 12.3. The van der Waals surface area contributed by atoms with Crippen molar-refractivity contribution in [1.29, 1.82) is 0 Å². The number of amides is 2. The standard InChI is InChI=1S/C24H28FN3O5Si/c1-28(24(31)19-13-21(29)27-33-19)22(16-8-6-15(7-9-16)14-32-2)23(30)26-17-10-11-20(18(25)12-17)34(3,4)5/h6-13,22H,14H2,1-5H3,(H,26,30)(H,27,29). The highest BCUT2D eigenvalue weighted by Crippen LogP contribution is 2.24. The summed E-state index contributed by atoms with van der Waals surface area (Å²) in [4.78, 5) is 38.9. The number of benzene rings is 2. The smallest absolute Gasteiger partial charge is 0.293 e. The molecule has 2 aromatic carbocycles. The second-order valence-electron chi connectivity index (χ2n) is 9.00. The van der Waals surface area contributed by atoms with Crippen molar-refractivity contribution in [3.8, 4) is 0 Å². The fraction of sp³-hybridized carbons (Fsp3) is 0.292. The van der Waals surface area contributed by atoms with Crippen molar-refractivity contribution in [2.75, 3.05) is 19.5 Å². The van der Waals surface area contributed by atoms with Gasteiger partial charge in [-0.1, -0.05) is 50.0 Å². The topological polar surface area (TPSA) is 105 Å². The van der Waals surface area contributed by atoms with Crippen LogP contribution >= 0.6 is 0 Å². The van der Waals surface area contributed by atoms with E-state index >= 15 is 0 Å². The lowest BCUT2D eigenvalue weighted by Crippen LogP contribution is -2.40. The third-order valence-corrected chi connectivity index (χ3v) is 7.36. The van der Waals surface area contributed by atoms with Crippen LogP contribution in [-0.4, -0.2) is 44.1 Å². The maximum atomic E-state index is 14.7. The molecule has 8 nitrogen and oxygen atoms in total. The number of nitrogens with one attached hydrogen (secondary N) is 2. The van der Waals surface area contributed by atoms with Gasteiger partial charge in [-0.05, 0) is 28.4 Å². The lowest BCUT2D eigenvalue weighted by molar-refractivity contribution is -0.120. The number of anilines is 1. The first kappa shape index (κ1) is 25.1. The Kier molecular flexibility index (Phi) is 7.53. The summed E-state index contributed by atoms with van der Waals surface area (Å²) in [6.07, 6.45) is 0. The fourth-order valence-corrected chi connectivity index (χ4v) is 4.98. The van der Waals surface area contributed by atoms with Gasteiger partial charge < -0.3 is 19.5 Å². The van der Waals surface area contributed by atoms with E-state index in [4.69, 9.17) is 9.26 Å². The number of halogens is 1. The molecule has 2 amide bonds. The number of rotatable bonds is 8. The monoisotopic (exact) mass is 485 g/mol. The summed E-state index contributed by atoms with van der Waals surface area (Å²) in [5, 5.41) is 5.43. The number of aromatic nitrogens is 1. The molecule has 0 aliphatic carbocycles. The second-order valence-corrected chi connectivity index (χ2v) is 14.0. The summed E-state index contributed by atoms with van der Waals surface area (Å²) in [5.74, 6) is -1.82. The van der Waals surface area contributed by atoms with Crippen LogP contribution in [0.4, 0.5) is 10.1 Å². The molecular weight excluding hydrogens is 457 g/mol. The van der Waals surface area contributed by atoms with E-state index in [-0.39, 0.29) is 17.3 Å². The number of carbonyl (C=O) groups is 2. The van der Waals surface area contributed by atoms with Gasteiger partial charge in [0, 0.05) is 19.8 Å². The van der Waals surface area contributed by atoms with Crippen molar-refractivity contribution in [3.63, 3.8) is 0 Å². The first-order valence-electron chi connectivity index (χ1n) is 10.7. The number of carbonyl (C=O) groups excluding carboxylic acids is 2. The van der Waals surface area contributed by atoms with E-state index in [2.05, 4.69) is 10.5 Å². The molecule has 0 spiro atoms. The first-order valence-corrected chi connectivity index (χ1v) is 14.2. The number of nitrogens with zero attached hydrogens (tertiary/aromatic N) is 1. The minimum absolute atomic E-state index is 0.230. The summed E-state index contributed by atoms with van der Waals surface area (Å²) >= 11 is 0. The molecule has 1 unspecified atom stereocenters. The molecular formula is C24H28FN3O5Si. The minimum Gasteiger partial charge on any atom is -0.380 e. The van der Waals surface area contributed by atoms with Gasteiger partial charge in [0.15, 0.2) is 0 Å². The molecule has 3 rings (SSSR count). The number of ether oxygens (including phenoxy) is 1. The summed E-state index contributed by atoms with van der Waals surface area (Å²) in [5.41, 5.74) is 1.12. The SMILES string of the molecule is COCc1ccc(C(C(=O)Nc2ccc([Si](C)(C)C)c(F)c2)N(C)C(=O)c2cc(=O)[nH]o2)cc1. The Balaban J connectivity index is 1.94. The molecule has 3 aromatic rings. The van der Waals surface area contributed by atoms with Crippen LogP contribution in [0.2, 0.25) is 19.6 Å². The lowest BCUT2D eigenvalue weighted by atomic mass is 10.0. The molecule has 1 atom stereocenters. The van der Waals surface area contributed by atoms with Gasteiger partial charge in [0.25, 0.3) is 17.4 Å². The molecule has 0 aliphatic rings. The third-order valence-electron chi connectivity index (χ3n) is 5.34. The molecule has 0 saturated carbocycles. The molecule has 2 N–H and O–H groups in total. The maximum absolute atomic E-state index is 14.7. The van der Waals surface area contributed by atoms with Crippen molar-refractivity contribution in [1.82, 2.24) is 10.1 Å². The highest BCUT2D eigenvalue weighted by molar-refractivity contribution is 6.88. The summed E-state index contributed by atoms with van der Waals surface area (Å²) in [6.45, 7) is 6.50. The summed E-state index contributed by atoms with van der Waals surface area (Å²) < 4.78 is 24.8. The lowest BCUT2D eigenvalue weighted by Gasteiger charge is -2.27. The average molecular weight is 486 g/mol. The zero-order valence-electron chi connectivity index (χ0n) is 19.8. The van der Waals surface area contributed by atoms with Gasteiger partial charge in [-0.3, -0.25) is 14.4 Å². The number of H-pyrrole nitrogens is 1. The summed E-state index contributed by atoms with van der Waals surface area (Å²) in [7, 11) is 1.12. The van der Waals surface area contributed by atoms with Crippen LogP contribution in [0, 0.1) is 5.82 Å². The first-order chi connectivity index (χ1) is 16.0. The van der Waals surface area contributed by atoms with Gasteiger partial charge in [-0.2, -0.15) is 5.16 Å². The van der Waals surface area contributed by atoms with Crippen LogP contribution < -0.4 is 16.1 Å². The molecule has 34 heavy (non-hydrogen) atoms. The van der Waals surface area contributed by atoms with Crippen LogP contribution in [0.3, 0.4) is 0 Å². The highest BCUT2D eigenvalue weighted by Gasteiger charge is 2.31.